The van der Waals surface area contributed by atoms with Crippen LogP contribution in [0.2, 0.25) is 0 Å². The van der Waals surface area contributed by atoms with Gasteiger partial charge >= 0.3 is 0 Å². The first-order valence-electron chi connectivity index (χ1n) is 8.27. The summed E-state index contributed by atoms with van der Waals surface area (Å²) < 4.78 is 5.51. The molecule has 0 amide bonds. The van der Waals surface area contributed by atoms with Crippen LogP contribution in [0.1, 0.15) is 51.9 Å². The predicted octanol–water partition coefficient (Wildman–Crippen LogP) is 2.68. The summed E-state index contributed by atoms with van der Waals surface area (Å²) >= 11 is 0. The van der Waals surface area contributed by atoms with Crippen molar-refractivity contribution in [2.75, 3.05) is 32.8 Å². The molecule has 0 spiro atoms. The Kier molecular flexibility index (Phi) is 6.62. The summed E-state index contributed by atoms with van der Waals surface area (Å²) in [6.07, 6.45) is 8.99. The topological polar surface area (TPSA) is 32.7 Å². The monoisotopic (exact) mass is 269 g/mol. The lowest BCUT2D eigenvalue weighted by Gasteiger charge is -2.41. The maximum absolute atomic E-state index is 10.0. The fraction of sp³-hybridized carbons (Fsp3) is 1.00. The second-order valence-electron chi connectivity index (χ2n) is 6.44. The molecule has 112 valence electrons. The SMILES string of the molecule is CCCCOCC(O)CN1CCC2CCCCC2C1. The summed E-state index contributed by atoms with van der Waals surface area (Å²) in [5.74, 6) is 1.87. The molecular weight excluding hydrogens is 238 g/mol. The average molecular weight is 269 g/mol. The van der Waals surface area contributed by atoms with Crippen LogP contribution >= 0.6 is 0 Å². The Morgan fingerprint density at radius 3 is 2.79 bits per heavy atom. The average Bonchev–Trinajstić information content (AvgIpc) is 2.43. The first kappa shape index (κ1) is 15.3. The molecule has 19 heavy (non-hydrogen) atoms. The van der Waals surface area contributed by atoms with Crippen LogP contribution in [0.4, 0.5) is 0 Å². The molecule has 2 rings (SSSR count). The second kappa shape index (κ2) is 8.23. The van der Waals surface area contributed by atoms with Gasteiger partial charge in [0.1, 0.15) is 0 Å². The summed E-state index contributed by atoms with van der Waals surface area (Å²) in [5, 5.41) is 10.0. The highest BCUT2D eigenvalue weighted by molar-refractivity contribution is 4.84. The van der Waals surface area contributed by atoms with E-state index in [-0.39, 0.29) is 6.10 Å². The molecule has 1 heterocycles. The fourth-order valence-electron chi connectivity index (χ4n) is 3.66. The van der Waals surface area contributed by atoms with Crippen molar-refractivity contribution < 1.29 is 9.84 Å². The first-order valence-corrected chi connectivity index (χ1v) is 8.27. The lowest BCUT2D eigenvalue weighted by atomic mass is 9.75. The van der Waals surface area contributed by atoms with E-state index in [1.54, 1.807) is 0 Å². The molecule has 0 aromatic rings. The van der Waals surface area contributed by atoms with Crippen LogP contribution < -0.4 is 0 Å². The minimum Gasteiger partial charge on any atom is -0.389 e. The zero-order chi connectivity index (χ0) is 13.5. The number of unbranched alkanes of at least 4 members (excludes halogenated alkanes) is 1. The maximum atomic E-state index is 10.0. The Hall–Kier alpha value is -0.120. The highest BCUT2D eigenvalue weighted by atomic mass is 16.5. The van der Waals surface area contributed by atoms with E-state index in [9.17, 15) is 5.11 Å². The number of hydrogen-bond donors (Lipinski definition) is 1. The van der Waals surface area contributed by atoms with E-state index in [0.29, 0.717) is 6.61 Å². The maximum Gasteiger partial charge on any atom is 0.0900 e. The van der Waals surface area contributed by atoms with Gasteiger partial charge in [-0.05, 0) is 37.6 Å². The third kappa shape index (κ3) is 5.05. The lowest BCUT2D eigenvalue weighted by Crippen LogP contribution is -2.45. The molecular formula is C16H31NO2. The highest BCUT2D eigenvalue weighted by Crippen LogP contribution is 2.35. The van der Waals surface area contributed by atoms with Crippen LogP contribution in [0.15, 0.2) is 0 Å². The molecule has 0 aromatic carbocycles. The summed E-state index contributed by atoms with van der Waals surface area (Å²) in [6.45, 7) is 6.64. The zero-order valence-corrected chi connectivity index (χ0v) is 12.5. The number of hydrogen-bond acceptors (Lipinski definition) is 3. The fourth-order valence-corrected chi connectivity index (χ4v) is 3.66. The van der Waals surface area contributed by atoms with Crippen molar-refractivity contribution in [3.8, 4) is 0 Å². The van der Waals surface area contributed by atoms with E-state index < -0.39 is 0 Å². The van der Waals surface area contributed by atoms with Gasteiger partial charge < -0.3 is 14.7 Å². The molecule has 3 atom stereocenters. The molecule has 3 unspecified atom stereocenters. The Bertz CT molecular complexity index is 247. The van der Waals surface area contributed by atoms with Crippen LogP contribution in [0.5, 0.6) is 0 Å². The number of likely N-dealkylation sites (tertiary alicyclic amines) is 1. The van der Waals surface area contributed by atoms with E-state index in [4.69, 9.17) is 4.74 Å². The van der Waals surface area contributed by atoms with Crippen LogP contribution in [0.25, 0.3) is 0 Å². The molecule has 1 saturated carbocycles. The predicted molar refractivity (Wildman–Crippen MR) is 78.2 cm³/mol. The van der Waals surface area contributed by atoms with Crippen molar-refractivity contribution >= 4 is 0 Å². The zero-order valence-electron chi connectivity index (χ0n) is 12.5. The minimum absolute atomic E-state index is 0.308. The molecule has 1 N–H and O–H groups in total. The number of nitrogens with zero attached hydrogens (tertiary/aromatic N) is 1. The van der Waals surface area contributed by atoms with Gasteiger partial charge in [0.15, 0.2) is 0 Å². The van der Waals surface area contributed by atoms with Crippen molar-refractivity contribution in [2.24, 2.45) is 11.8 Å². The first-order chi connectivity index (χ1) is 9.29. The van der Waals surface area contributed by atoms with Crippen molar-refractivity contribution in [3.63, 3.8) is 0 Å². The van der Waals surface area contributed by atoms with Gasteiger partial charge in [0.2, 0.25) is 0 Å². The van der Waals surface area contributed by atoms with E-state index in [0.717, 1.165) is 37.8 Å². The summed E-state index contributed by atoms with van der Waals surface area (Å²) in [5.41, 5.74) is 0. The number of ether oxygens (including phenoxy) is 1. The van der Waals surface area contributed by atoms with Gasteiger partial charge in [-0.15, -0.1) is 0 Å². The van der Waals surface area contributed by atoms with Crippen molar-refractivity contribution in [1.29, 1.82) is 0 Å². The number of aliphatic hydroxyl groups is 1. The highest BCUT2D eigenvalue weighted by Gasteiger charge is 2.31. The largest absolute Gasteiger partial charge is 0.389 e. The molecule has 1 aliphatic heterocycles. The van der Waals surface area contributed by atoms with Gasteiger partial charge in [0.25, 0.3) is 0 Å². The van der Waals surface area contributed by atoms with E-state index in [1.165, 1.54) is 45.2 Å². The molecule has 0 aromatic heterocycles. The van der Waals surface area contributed by atoms with Crippen LogP contribution in [0, 0.1) is 11.8 Å². The molecule has 3 nitrogen and oxygen atoms in total. The van der Waals surface area contributed by atoms with Crippen molar-refractivity contribution in [3.05, 3.63) is 0 Å². The standard InChI is InChI=1S/C16H31NO2/c1-2-3-10-19-13-16(18)12-17-9-8-14-6-4-5-7-15(14)11-17/h14-16,18H,2-13H2,1H3. The molecule has 2 aliphatic rings. The Labute approximate surface area is 118 Å². The number of β-amino-alcohol motifs (C(OH)–C–C–N with tert-alkyl or cyclic N) is 1. The van der Waals surface area contributed by atoms with Crippen LogP contribution in [0.3, 0.4) is 0 Å². The number of rotatable bonds is 7. The van der Waals surface area contributed by atoms with Crippen LogP contribution in [-0.4, -0.2) is 49.0 Å². The molecule has 2 fully saturated rings. The van der Waals surface area contributed by atoms with Gasteiger partial charge in [-0.1, -0.05) is 32.6 Å². The van der Waals surface area contributed by atoms with Crippen molar-refractivity contribution in [1.82, 2.24) is 4.90 Å². The Morgan fingerprint density at radius 1 is 1.21 bits per heavy atom. The molecule has 0 radical (unpaired) electrons. The summed E-state index contributed by atoms with van der Waals surface area (Å²) in [6, 6.07) is 0. The Balaban J connectivity index is 1.62. The lowest BCUT2D eigenvalue weighted by molar-refractivity contribution is -0.00220. The summed E-state index contributed by atoms with van der Waals surface area (Å²) in [4.78, 5) is 2.46. The van der Waals surface area contributed by atoms with E-state index in [2.05, 4.69) is 11.8 Å². The number of piperidine rings is 1. The van der Waals surface area contributed by atoms with E-state index in [1.807, 2.05) is 0 Å². The smallest absolute Gasteiger partial charge is 0.0900 e. The quantitative estimate of drug-likeness (QED) is 0.721. The molecule has 1 aliphatic carbocycles. The minimum atomic E-state index is -0.308. The van der Waals surface area contributed by atoms with Crippen molar-refractivity contribution in [2.45, 2.75) is 58.0 Å². The van der Waals surface area contributed by atoms with Gasteiger partial charge in [-0.2, -0.15) is 0 Å². The number of fused-ring (bicyclic) bond motifs is 1. The van der Waals surface area contributed by atoms with E-state index >= 15 is 0 Å². The van der Waals surface area contributed by atoms with Gasteiger partial charge in [0.05, 0.1) is 12.7 Å². The van der Waals surface area contributed by atoms with Gasteiger partial charge in [-0.3, -0.25) is 0 Å². The normalized spacial score (nSPS) is 30.0. The van der Waals surface area contributed by atoms with Gasteiger partial charge in [-0.25, -0.2) is 0 Å². The third-order valence-corrected chi connectivity index (χ3v) is 4.80. The molecule has 0 bridgehead atoms. The molecule has 1 saturated heterocycles. The second-order valence-corrected chi connectivity index (χ2v) is 6.44. The number of aliphatic hydroxyl groups excluding tert-OH is 1. The third-order valence-electron chi connectivity index (χ3n) is 4.80. The van der Waals surface area contributed by atoms with Crippen LogP contribution in [-0.2, 0) is 4.74 Å². The van der Waals surface area contributed by atoms with Gasteiger partial charge in [0, 0.05) is 19.7 Å². The summed E-state index contributed by atoms with van der Waals surface area (Å²) in [7, 11) is 0. The molecule has 3 heteroatoms. The Morgan fingerprint density at radius 2 is 2.00 bits per heavy atom.